The molecule has 2 aromatic carbocycles. The molecule has 0 bridgehead atoms. The van der Waals surface area contributed by atoms with Crippen LogP contribution in [0.4, 0.5) is 0 Å². The maximum absolute atomic E-state index is 12.0. The van der Waals surface area contributed by atoms with Crippen LogP contribution in [-0.4, -0.2) is 73.9 Å². The fourth-order valence-corrected chi connectivity index (χ4v) is 2.86. The summed E-state index contributed by atoms with van der Waals surface area (Å²) in [6, 6.07) is 9.32. The number of aromatic hydroxyl groups is 3. The quantitative estimate of drug-likeness (QED) is 0.211. The third kappa shape index (κ3) is 5.64. The van der Waals surface area contributed by atoms with Gasteiger partial charge in [-0.25, -0.2) is 4.79 Å². The van der Waals surface area contributed by atoms with E-state index >= 15 is 0 Å². The van der Waals surface area contributed by atoms with Crippen LogP contribution in [0.15, 0.2) is 48.5 Å². The number of ether oxygens (including phenoxy) is 3. The van der Waals surface area contributed by atoms with Gasteiger partial charge >= 0.3 is 5.97 Å². The highest BCUT2D eigenvalue weighted by Gasteiger charge is 2.45. The highest BCUT2D eigenvalue weighted by atomic mass is 16.7. The molecular weight excluding hydrogens is 412 g/mol. The lowest BCUT2D eigenvalue weighted by atomic mass is 9.99. The molecule has 5 atom stereocenters. The molecule has 1 saturated heterocycles. The van der Waals surface area contributed by atoms with Gasteiger partial charge in [0.15, 0.2) is 0 Å². The molecule has 1 heterocycles. The van der Waals surface area contributed by atoms with Crippen LogP contribution in [0.5, 0.6) is 23.0 Å². The van der Waals surface area contributed by atoms with E-state index in [-0.39, 0.29) is 28.6 Å². The van der Waals surface area contributed by atoms with Gasteiger partial charge < -0.3 is 44.8 Å². The largest absolute Gasteiger partial charge is 0.508 e. The van der Waals surface area contributed by atoms with Crippen LogP contribution in [0.2, 0.25) is 0 Å². The number of carbonyl (C=O) groups is 1. The number of phenolic OH excluding ortho intramolecular Hbond substituents is 3. The van der Waals surface area contributed by atoms with E-state index in [1.165, 1.54) is 48.5 Å². The standard InChI is InChI=1S/C21H22O10/c22-12-2-5-14(6-3-12)30-21-20(28)19(27)18(26)16(31-21)10-29-17(25)8-1-11-9-13(23)4-7-15(11)24/h1-9,16,18-24,26-28H,10H2. The van der Waals surface area contributed by atoms with Crippen molar-refractivity contribution in [1.82, 2.24) is 0 Å². The number of rotatable bonds is 6. The molecular formula is C21H22O10. The summed E-state index contributed by atoms with van der Waals surface area (Å²) in [4.78, 5) is 12.0. The maximum atomic E-state index is 12.0. The summed E-state index contributed by atoms with van der Waals surface area (Å²) in [5, 5.41) is 58.7. The fraction of sp³-hybridized carbons (Fsp3) is 0.286. The van der Waals surface area contributed by atoms with Crippen molar-refractivity contribution < 1.29 is 49.6 Å². The monoisotopic (exact) mass is 434 g/mol. The molecule has 0 aliphatic carbocycles. The van der Waals surface area contributed by atoms with Crippen LogP contribution in [0, 0.1) is 0 Å². The lowest BCUT2D eigenvalue weighted by molar-refractivity contribution is -0.278. The zero-order valence-electron chi connectivity index (χ0n) is 16.1. The third-order valence-electron chi connectivity index (χ3n) is 4.56. The lowest BCUT2D eigenvalue weighted by Gasteiger charge is -2.39. The number of esters is 1. The summed E-state index contributed by atoms with van der Waals surface area (Å²) in [6.07, 6.45) is -5.10. The maximum Gasteiger partial charge on any atom is 0.330 e. The average molecular weight is 434 g/mol. The fourth-order valence-electron chi connectivity index (χ4n) is 2.86. The number of carbonyl (C=O) groups excluding carboxylic acids is 1. The molecule has 10 heteroatoms. The Morgan fingerprint density at radius 1 is 0.935 bits per heavy atom. The summed E-state index contributed by atoms with van der Waals surface area (Å²) < 4.78 is 15.9. The second kappa shape index (κ2) is 9.67. The van der Waals surface area contributed by atoms with Crippen molar-refractivity contribution in [3.8, 4) is 23.0 Å². The predicted molar refractivity (Wildman–Crippen MR) is 105 cm³/mol. The molecule has 166 valence electrons. The summed E-state index contributed by atoms with van der Waals surface area (Å²) in [5.74, 6) is -0.856. The van der Waals surface area contributed by atoms with Crippen LogP contribution in [-0.2, 0) is 14.3 Å². The van der Waals surface area contributed by atoms with Crippen molar-refractivity contribution in [2.75, 3.05) is 6.61 Å². The minimum absolute atomic E-state index is 0.00444. The van der Waals surface area contributed by atoms with Gasteiger partial charge in [0.1, 0.15) is 54.0 Å². The first kappa shape index (κ1) is 22.4. The molecule has 5 unspecified atom stereocenters. The Bertz CT molecular complexity index is 926. The van der Waals surface area contributed by atoms with E-state index in [4.69, 9.17) is 14.2 Å². The number of aliphatic hydroxyl groups excluding tert-OH is 3. The van der Waals surface area contributed by atoms with E-state index in [0.29, 0.717) is 0 Å². The number of hydrogen-bond acceptors (Lipinski definition) is 10. The second-order valence-electron chi connectivity index (χ2n) is 6.83. The van der Waals surface area contributed by atoms with Crippen molar-refractivity contribution in [3.05, 3.63) is 54.1 Å². The van der Waals surface area contributed by atoms with Gasteiger partial charge in [0.25, 0.3) is 0 Å². The van der Waals surface area contributed by atoms with E-state index in [2.05, 4.69) is 0 Å². The summed E-state index contributed by atoms with van der Waals surface area (Å²) >= 11 is 0. The van der Waals surface area contributed by atoms with E-state index < -0.39 is 43.3 Å². The minimum Gasteiger partial charge on any atom is -0.508 e. The number of hydrogen-bond donors (Lipinski definition) is 6. The highest BCUT2D eigenvalue weighted by molar-refractivity contribution is 5.87. The Balaban J connectivity index is 1.60. The molecule has 1 fully saturated rings. The van der Waals surface area contributed by atoms with Gasteiger partial charge in [-0.05, 0) is 48.5 Å². The summed E-state index contributed by atoms with van der Waals surface area (Å²) in [5.41, 5.74) is 0.187. The van der Waals surface area contributed by atoms with E-state index in [9.17, 15) is 35.4 Å². The van der Waals surface area contributed by atoms with Gasteiger partial charge in [-0.3, -0.25) is 0 Å². The SMILES string of the molecule is O=C(C=Cc1cc(O)ccc1O)OCC1OC(Oc2ccc(O)cc2)C(O)C(O)C1O. The zero-order chi connectivity index (χ0) is 22.5. The molecule has 2 aromatic rings. The van der Waals surface area contributed by atoms with Gasteiger partial charge in [0.2, 0.25) is 6.29 Å². The van der Waals surface area contributed by atoms with Gasteiger partial charge in [-0.2, -0.15) is 0 Å². The lowest BCUT2D eigenvalue weighted by Crippen LogP contribution is -2.60. The molecule has 31 heavy (non-hydrogen) atoms. The van der Waals surface area contributed by atoms with Crippen molar-refractivity contribution in [3.63, 3.8) is 0 Å². The molecule has 10 nitrogen and oxygen atoms in total. The molecule has 6 N–H and O–H groups in total. The zero-order valence-corrected chi connectivity index (χ0v) is 16.1. The highest BCUT2D eigenvalue weighted by Crippen LogP contribution is 2.26. The Hall–Kier alpha value is -3.31. The van der Waals surface area contributed by atoms with Crippen molar-refractivity contribution >= 4 is 12.0 Å². The first-order valence-corrected chi connectivity index (χ1v) is 9.27. The molecule has 0 aromatic heterocycles. The van der Waals surface area contributed by atoms with Crippen LogP contribution < -0.4 is 4.74 Å². The number of benzene rings is 2. The molecule has 3 rings (SSSR count). The van der Waals surface area contributed by atoms with Crippen LogP contribution in [0.1, 0.15) is 5.56 Å². The predicted octanol–water partition coefficient (Wildman–Crippen LogP) is 0.246. The number of phenols is 3. The molecule has 0 amide bonds. The Labute approximate surface area is 176 Å². The normalized spacial score (nSPS) is 26.0. The third-order valence-corrected chi connectivity index (χ3v) is 4.56. The van der Waals surface area contributed by atoms with E-state index in [1.54, 1.807) is 0 Å². The first-order valence-electron chi connectivity index (χ1n) is 9.27. The smallest absolute Gasteiger partial charge is 0.330 e. The Morgan fingerprint density at radius 3 is 2.32 bits per heavy atom. The Morgan fingerprint density at radius 2 is 1.61 bits per heavy atom. The molecule has 0 saturated carbocycles. The second-order valence-corrected chi connectivity index (χ2v) is 6.83. The summed E-state index contributed by atoms with van der Waals surface area (Å²) in [7, 11) is 0. The Kier molecular flexibility index (Phi) is 6.98. The molecule has 0 spiro atoms. The van der Waals surface area contributed by atoms with Crippen LogP contribution in [0.3, 0.4) is 0 Å². The van der Waals surface area contributed by atoms with Crippen LogP contribution >= 0.6 is 0 Å². The van der Waals surface area contributed by atoms with Gasteiger partial charge in [0, 0.05) is 11.6 Å². The molecule has 0 radical (unpaired) electrons. The van der Waals surface area contributed by atoms with E-state index in [1.807, 2.05) is 0 Å². The molecule has 1 aliphatic rings. The van der Waals surface area contributed by atoms with Gasteiger partial charge in [0.05, 0.1) is 0 Å². The van der Waals surface area contributed by atoms with Gasteiger partial charge in [-0.1, -0.05) is 0 Å². The van der Waals surface area contributed by atoms with Crippen molar-refractivity contribution in [1.29, 1.82) is 0 Å². The number of aliphatic hydroxyl groups is 3. The molecule has 1 aliphatic heterocycles. The van der Waals surface area contributed by atoms with Crippen molar-refractivity contribution in [2.24, 2.45) is 0 Å². The summed E-state index contributed by atoms with van der Waals surface area (Å²) in [6.45, 7) is -0.463. The van der Waals surface area contributed by atoms with Crippen molar-refractivity contribution in [2.45, 2.75) is 30.7 Å². The minimum atomic E-state index is -1.63. The van der Waals surface area contributed by atoms with E-state index in [0.717, 1.165) is 6.08 Å². The van der Waals surface area contributed by atoms with Gasteiger partial charge in [-0.15, -0.1) is 0 Å². The van der Waals surface area contributed by atoms with Crippen LogP contribution in [0.25, 0.3) is 6.08 Å². The topological polar surface area (TPSA) is 166 Å². The average Bonchev–Trinajstić information content (AvgIpc) is 2.75. The first-order chi connectivity index (χ1) is 14.7.